The molecule has 192 valence electrons. The maximum absolute atomic E-state index is 13.6. The minimum atomic E-state index is -2.18. The van der Waals surface area contributed by atoms with Crippen LogP contribution in [0.1, 0.15) is 12.6 Å². The molecular formula is C32H31BrN3OP. The number of anilines is 1. The van der Waals surface area contributed by atoms with Crippen LogP contribution >= 0.6 is 7.26 Å². The van der Waals surface area contributed by atoms with Crippen molar-refractivity contribution in [3.63, 3.8) is 0 Å². The zero-order valence-corrected chi connectivity index (χ0v) is 24.2. The third-order valence-electron chi connectivity index (χ3n) is 6.75. The number of benzene rings is 4. The first-order valence-electron chi connectivity index (χ1n) is 12.4. The van der Waals surface area contributed by atoms with E-state index in [0.717, 1.165) is 17.1 Å². The molecule has 0 atom stereocenters. The molecule has 0 spiro atoms. The van der Waals surface area contributed by atoms with E-state index in [0.29, 0.717) is 5.69 Å². The molecule has 0 bridgehead atoms. The third kappa shape index (κ3) is 5.05. The van der Waals surface area contributed by atoms with E-state index in [9.17, 15) is 4.79 Å². The zero-order valence-electron chi connectivity index (χ0n) is 21.8. The summed E-state index contributed by atoms with van der Waals surface area (Å²) in [5, 5.41) is 7.30. The van der Waals surface area contributed by atoms with Crippen LogP contribution in [0.3, 0.4) is 0 Å². The fraction of sp³-hybridized carbons (Fsp3) is 0.0938. The highest BCUT2D eigenvalue weighted by atomic mass is 79.9. The SMILES string of the molecule is C/C(=C\[P+](c1ccccc1)(c1ccccc1)c1ccccc1)Nc1c(C)n(C)n(-c2ccccc2)c1=O.[Br-]. The lowest BCUT2D eigenvalue weighted by atomic mass is 10.3. The Labute approximate surface area is 235 Å². The van der Waals surface area contributed by atoms with E-state index in [2.05, 4.69) is 109 Å². The van der Waals surface area contributed by atoms with Crippen LogP contribution in [0.15, 0.2) is 138 Å². The van der Waals surface area contributed by atoms with E-state index >= 15 is 0 Å². The molecule has 0 radical (unpaired) electrons. The standard InChI is InChI=1S/C32H31N3OP.BrH/c1-25(33-31-26(2)34(3)35(32(31)36)27-16-8-4-9-17-27)24-37(28-18-10-5-11-19-28,29-20-12-6-13-21-29)30-22-14-7-15-23-30;/h4-24,33H,1-3H3;1H/q+1;/p-1/b25-24+;. The van der Waals surface area contributed by atoms with Crippen LogP contribution < -0.4 is 43.8 Å². The van der Waals surface area contributed by atoms with Gasteiger partial charge in [-0.3, -0.25) is 9.48 Å². The maximum Gasteiger partial charge on any atom is 0.295 e. The number of rotatable bonds is 7. The first kappa shape index (κ1) is 27.4. The summed E-state index contributed by atoms with van der Waals surface area (Å²) in [6.45, 7) is 4.03. The monoisotopic (exact) mass is 583 g/mol. The van der Waals surface area contributed by atoms with Gasteiger partial charge in [0, 0.05) is 12.7 Å². The predicted molar refractivity (Wildman–Crippen MR) is 158 cm³/mol. The van der Waals surface area contributed by atoms with Gasteiger partial charge in [-0.1, -0.05) is 72.8 Å². The Balaban J connectivity index is 0.00000336. The van der Waals surface area contributed by atoms with Crippen molar-refractivity contribution in [1.29, 1.82) is 0 Å². The molecule has 4 aromatic carbocycles. The van der Waals surface area contributed by atoms with Crippen molar-refractivity contribution in [3.8, 4) is 5.69 Å². The largest absolute Gasteiger partial charge is 1.00 e. The molecule has 0 unspecified atom stereocenters. The molecule has 5 rings (SSSR count). The normalized spacial score (nSPS) is 11.6. The Bertz CT molecular complexity index is 1480. The molecule has 1 aromatic heterocycles. The Morgan fingerprint density at radius 3 is 1.53 bits per heavy atom. The number of nitrogens with zero attached hydrogens (tertiary/aromatic N) is 2. The van der Waals surface area contributed by atoms with Crippen LogP contribution in [-0.2, 0) is 7.05 Å². The number of hydrogen-bond acceptors (Lipinski definition) is 2. The Morgan fingerprint density at radius 2 is 1.11 bits per heavy atom. The van der Waals surface area contributed by atoms with Crippen LogP contribution in [-0.4, -0.2) is 9.36 Å². The molecule has 1 heterocycles. The summed E-state index contributed by atoms with van der Waals surface area (Å²) in [6, 6.07) is 41.8. The van der Waals surface area contributed by atoms with Crippen LogP contribution in [0.4, 0.5) is 5.69 Å². The molecule has 0 amide bonds. The van der Waals surface area contributed by atoms with Gasteiger partial charge in [-0.2, -0.15) is 0 Å². The number of halogens is 1. The molecule has 1 N–H and O–H groups in total. The number of aromatic nitrogens is 2. The van der Waals surface area contributed by atoms with E-state index in [1.807, 2.05) is 49.0 Å². The highest BCUT2D eigenvalue weighted by Crippen LogP contribution is 2.57. The van der Waals surface area contributed by atoms with Gasteiger partial charge in [-0.25, -0.2) is 4.68 Å². The van der Waals surface area contributed by atoms with E-state index in [-0.39, 0.29) is 22.5 Å². The van der Waals surface area contributed by atoms with Gasteiger partial charge in [0.15, 0.2) is 0 Å². The molecule has 5 aromatic rings. The van der Waals surface area contributed by atoms with Crippen molar-refractivity contribution in [2.45, 2.75) is 13.8 Å². The van der Waals surface area contributed by atoms with Crippen LogP contribution in [0, 0.1) is 6.92 Å². The van der Waals surface area contributed by atoms with Crippen molar-refractivity contribution in [2.75, 3.05) is 5.32 Å². The van der Waals surface area contributed by atoms with Crippen LogP contribution in [0.2, 0.25) is 0 Å². The summed E-state index contributed by atoms with van der Waals surface area (Å²) in [7, 11) is -0.260. The summed E-state index contributed by atoms with van der Waals surface area (Å²) in [5.41, 5.74) is 3.18. The van der Waals surface area contributed by atoms with Crippen LogP contribution in [0.5, 0.6) is 0 Å². The second-order valence-electron chi connectivity index (χ2n) is 9.10. The minimum absolute atomic E-state index is 0. The number of nitrogens with one attached hydrogen (secondary N) is 1. The van der Waals surface area contributed by atoms with Crippen LogP contribution in [0.25, 0.3) is 5.69 Å². The first-order chi connectivity index (χ1) is 18.0. The summed E-state index contributed by atoms with van der Waals surface area (Å²) in [5.74, 6) is 2.35. The Hall–Kier alpha value is -3.66. The molecule has 0 aliphatic heterocycles. The molecular weight excluding hydrogens is 553 g/mol. The predicted octanol–water partition coefficient (Wildman–Crippen LogP) is 2.76. The fourth-order valence-corrected chi connectivity index (χ4v) is 8.81. The van der Waals surface area contributed by atoms with Crippen molar-refractivity contribution in [2.24, 2.45) is 7.05 Å². The van der Waals surface area contributed by atoms with Gasteiger partial charge in [0.1, 0.15) is 28.9 Å². The lowest BCUT2D eigenvalue weighted by Crippen LogP contribution is -3.00. The smallest absolute Gasteiger partial charge is 0.295 e. The number of allylic oxidation sites excluding steroid dienone is 1. The Kier molecular flexibility index (Phi) is 8.51. The highest BCUT2D eigenvalue weighted by Gasteiger charge is 2.44. The van der Waals surface area contributed by atoms with Crippen molar-refractivity contribution in [1.82, 2.24) is 9.36 Å². The molecule has 38 heavy (non-hydrogen) atoms. The second kappa shape index (κ2) is 11.8. The summed E-state index contributed by atoms with van der Waals surface area (Å²) < 4.78 is 3.61. The molecule has 4 nitrogen and oxygen atoms in total. The quantitative estimate of drug-likeness (QED) is 0.299. The minimum Gasteiger partial charge on any atom is -1.00 e. The highest BCUT2D eigenvalue weighted by molar-refractivity contribution is 7.98. The van der Waals surface area contributed by atoms with Gasteiger partial charge in [0.2, 0.25) is 0 Å². The first-order valence-corrected chi connectivity index (χ1v) is 14.2. The summed E-state index contributed by atoms with van der Waals surface area (Å²) >= 11 is 0. The van der Waals surface area contributed by atoms with E-state index in [4.69, 9.17) is 0 Å². The number of para-hydroxylation sites is 1. The molecule has 0 saturated carbocycles. The lowest BCUT2D eigenvalue weighted by molar-refractivity contribution is -0.00000745. The number of hydrogen-bond donors (Lipinski definition) is 1. The van der Waals surface area contributed by atoms with Crippen molar-refractivity contribution >= 4 is 28.9 Å². The zero-order chi connectivity index (χ0) is 25.8. The average molecular weight is 584 g/mol. The Morgan fingerprint density at radius 1 is 0.711 bits per heavy atom. The molecule has 0 aliphatic rings. The molecule has 6 heteroatoms. The fourth-order valence-electron chi connectivity index (χ4n) is 4.89. The second-order valence-corrected chi connectivity index (χ2v) is 12.4. The van der Waals surface area contributed by atoms with E-state index < -0.39 is 7.26 Å². The maximum atomic E-state index is 13.6. The molecule has 0 saturated heterocycles. The van der Waals surface area contributed by atoms with Crippen molar-refractivity contribution < 1.29 is 17.0 Å². The average Bonchev–Trinajstić information content (AvgIpc) is 3.16. The van der Waals surface area contributed by atoms with E-state index in [1.165, 1.54) is 15.9 Å². The topological polar surface area (TPSA) is 39.0 Å². The van der Waals surface area contributed by atoms with E-state index in [1.54, 1.807) is 4.68 Å². The third-order valence-corrected chi connectivity index (χ3v) is 10.9. The summed E-state index contributed by atoms with van der Waals surface area (Å²) in [4.78, 5) is 13.6. The molecule has 0 aliphatic carbocycles. The van der Waals surface area contributed by atoms with Gasteiger partial charge in [-0.15, -0.1) is 0 Å². The van der Waals surface area contributed by atoms with Gasteiger partial charge in [0.25, 0.3) is 5.56 Å². The van der Waals surface area contributed by atoms with Gasteiger partial charge in [0.05, 0.1) is 17.2 Å². The lowest BCUT2D eigenvalue weighted by Gasteiger charge is -2.25. The van der Waals surface area contributed by atoms with Crippen molar-refractivity contribution in [3.05, 3.63) is 149 Å². The van der Waals surface area contributed by atoms with Gasteiger partial charge in [-0.05, 0) is 62.4 Å². The van der Waals surface area contributed by atoms with Gasteiger partial charge < -0.3 is 22.3 Å². The molecule has 0 fully saturated rings. The summed E-state index contributed by atoms with van der Waals surface area (Å²) in [6.07, 6.45) is 0. The van der Waals surface area contributed by atoms with Gasteiger partial charge >= 0.3 is 0 Å².